The summed E-state index contributed by atoms with van der Waals surface area (Å²) in [5, 5.41) is 8.96. The van der Waals surface area contributed by atoms with E-state index in [9.17, 15) is 0 Å². The second-order valence-electron chi connectivity index (χ2n) is 4.94. The van der Waals surface area contributed by atoms with Gasteiger partial charge in [0.25, 0.3) is 0 Å². The van der Waals surface area contributed by atoms with Gasteiger partial charge in [-0.15, -0.1) is 0 Å². The Balaban J connectivity index is 2.11. The van der Waals surface area contributed by atoms with Gasteiger partial charge in [0, 0.05) is 13.1 Å². The number of fused-ring (bicyclic) bond motifs is 1. The van der Waals surface area contributed by atoms with Gasteiger partial charge < -0.3 is 15.4 Å². The number of nitrogens with zero attached hydrogens (tertiary/aromatic N) is 2. The van der Waals surface area contributed by atoms with E-state index in [1.165, 1.54) is 0 Å². The maximum absolute atomic E-state index is 8.96. The molecule has 2 N–H and O–H groups in total. The first-order valence-electron chi connectivity index (χ1n) is 6.29. The molecule has 0 amide bonds. The molecule has 0 saturated carbocycles. The molecule has 0 bridgehead atoms. The van der Waals surface area contributed by atoms with Crippen molar-refractivity contribution in [2.24, 2.45) is 5.73 Å². The quantitative estimate of drug-likeness (QED) is 0.883. The van der Waals surface area contributed by atoms with E-state index in [2.05, 4.69) is 17.0 Å². The molecule has 1 aromatic carbocycles. The van der Waals surface area contributed by atoms with Crippen LogP contribution in [-0.2, 0) is 0 Å². The van der Waals surface area contributed by atoms with Crippen LogP contribution in [-0.4, -0.2) is 25.2 Å². The zero-order valence-corrected chi connectivity index (χ0v) is 10.7. The lowest BCUT2D eigenvalue weighted by molar-refractivity contribution is 0.322. The largest absolute Gasteiger partial charge is 0.491 e. The van der Waals surface area contributed by atoms with Crippen molar-refractivity contribution in [3.63, 3.8) is 0 Å². The smallest absolute Gasteiger partial charge is 0.142 e. The van der Waals surface area contributed by atoms with Gasteiger partial charge in [-0.05, 0) is 31.9 Å². The van der Waals surface area contributed by atoms with Gasteiger partial charge in [0.05, 0.1) is 18.4 Å². The third-order valence-corrected chi connectivity index (χ3v) is 3.19. The number of para-hydroxylation sites is 2. The van der Waals surface area contributed by atoms with Crippen LogP contribution in [0.2, 0.25) is 0 Å². The fraction of sp³-hybridized carbons (Fsp3) is 0.500. The minimum Gasteiger partial charge on any atom is -0.491 e. The number of benzene rings is 1. The molecule has 4 heteroatoms. The van der Waals surface area contributed by atoms with E-state index in [0.717, 1.165) is 37.6 Å². The third-order valence-electron chi connectivity index (χ3n) is 3.19. The van der Waals surface area contributed by atoms with Crippen molar-refractivity contribution in [2.75, 3.05) is 24.6 Å². The van der Waals surface area contributed by atoms with Crippen molar-refractivity contribution < 1.29 is 4.74 Å². The van der Waals surface area contributed by atoms with Crippen LogP contribution in [0.15, 0.2) is 24.3 Å². The number of hydrogen-bond acceptors (Lipinski definition) is 4. The van der Waals surface area contributed by atoms with Gasteiger partial charge in [-0.2, -0.15) is 5.26 Å². The zero-order chi connectivity index (χ0) is 13.0. The van der Waals surface area contributed by atoms with Crippen LogP contribution in [0.1, 0.15) is 19.8 Å². The SMILES string of the molecule is CC(N)(C#N)CCN1CCCOc2ccccc21. The molecule has 2 rings (SSSR count). The summed E-state index contributed by atoms with van der Waals surface area (Å²) in [6, 6.07) is 10.2. The van der Waals surface area contributed by atoms with Crippen molar-refractivity contribution >= 4 is 5.69 Å². The van der Waals surface area contributed by atoms with Crippen molar-refractivity contribution in [1.82, 2.24) is 0 Å². The molecule has 0 fully saturated rings. The lowest BCUT2D eigenvalue weighted by Gasteiger charge is -2.26. The summed E-state index contributed by atoms with van der Waals surface area (Å²) in [5.41, 5.74) is 6.21. The number of nitriles is 1. The Hall–Kier alpha value is -1.73. The molecule has 1 heterocycles. The highest BCUT2D eigenvalue weighted by molar-refractivity contribution is 5.58. The molecular weight excluding hydrogens is 226 g/mol. The van der Waals surface area contributed by atoms with E-state index in [1.807, 2.05) is 18.2 Å². The van der Waals surface area contributed by atoms with Gasteiger partial charge in [0.1, 0.15) is 11.3 Å². The number of anilines is 1. The predicted molar refractivity (Wildman–Crippen MR) is 71.6 cm³/mol. The Bertz CT molecular complexity index is 451. The summed E-state index contributed by atoms with van der Waals surface area (Å²) < 4.78 is 5.70. The Labute approximate surface area is 108 Å². The molecule has 18 heavy (non-hydrogen) atoms. The molecule has 1 aliphatic rings. The molecule has 0 saturated heterocycles. The van der Waals surface area contributed by atoms with Crippen molar-refractivity contribution in [2.45, 2.75) is 25.3 Å². The zero-order valence-electron chi connectivity index (χ0n) is 10.7. The van der Waals surface area contributed by atoms with E-state index < -0.39 is 5.54 Å². The lowest BCUT2D eigenvalue weighted by atomic mass is 10.0. The Morgan fingerprint density at radius 2 is 2.28 bits per heavy atom. The van der Waals surface area contributed by atoms with Crippen LogP contribution in [0.3, 0.4) is 0 Å². The van der Waals surface area contributed by atoms with Crippen LogP contribution >= 0.6 is 0 Å². The van der Waals surface area contributed by atoms with Gasteiger partial charge in [0.2, 0.25) is 0 Å². The van der Waals surface area contributed by atoms with Gasteiger partial charge in [-0.3, -0.25) is 0 Å². The Morgan fingerprint density at radius 1 is 1.50 bits per heavy atom. The third kappa shape index (κ3) is 2.93. The lowest BCUT2D eigenvalue weighted by Crippen LogP contribution is -2.39. The normalized spacial score (nSPS) is 17.9. The van der Waals surface area contributed by atoms with Crippen molar-refractivity contribution in [1.29, 1.82) is 5.26 Å². The van der Waals surface area contributed by atoms with E-state index in [-0.39, 0.29) is 0 Å². The van der Waals surface area contributed by atoms with Crippen LogP contribution < -0.4 is 15.4 Å². The van der Waals surface area contributed by atoms with Crippen molar-refractivity contribution in [3.8, 4) is 11.8 Å². The predicted octanol–water partition coefficient (Wildman–Crippen LogP) is 1.91. The molecule has 1 aliphatic heterocycles. The average molecular weight is 245 g/mol. The first kappa shape index (κ1) is 12.7. The maximum Gasteiger partial charge on any atom is 0.142 e. The molecule has 0 aromatic heterocycles. The average Bonchev–Trinajstić information content (AvgIpc) is 2.59. The van der Waals surface area contributed by atoms with E-state index in [0.29, 0.717) is 6.42 Å². The summed E-state index contributed by atoms with van der Waals surface area (Å²) in [6.07, 6.45) is 1.64. The minimum absolute atomic E-state index is 0.651. The molecule has 4 nitrogen and oxygen atoms in total. The number of nitrogens with two attached hydrogens (primary N) is 1. The number of rotatable bonds is 3. The summed E-state index contributed by atoms with van der Waals surface area (Å²) in [4.78, 5) is 2.25. The standard InChI is InChI=1S/C14H19N3O/c1-14(16,11-15)7-9-17-8-4-10-18-13-6-3-2-5-12(13)17/h2-3,5-6H,4,7-10,16H2,1H3. The number of hydrogen-bond donors (Lipinski definition) is 1. The number of ether oxygens (including phenoxy) is 1. The molecule has 0 spiro atoms. The Kier molecular flexibility index (Phi) is 3.73. The van der Waals surface area contributed by atoms with Gasteiger partial charge in [-0.1, -0.05) is 12.1 Å². The van der Waals surface area contributed by atoms with Crippen LogP contribution in [0, 0.1) is 11.3 Å². The van der Waals surface area contributed by atoms with E-state index in [4.69, 9.17) is 15.7 Å². The van der Waals surface area contributed by atoms with Gasteiger partial charge in [0.15, 0.2) is 0 Å². The molecule has 1 unspecified atom stereocenters. The monoisotopic (exact) mass is 245 g/mol. The van der Waals surface area contributed by atoms with E-state index >= 15 is 0 Å². The summed E-state index contributed by atoms with van der Waals surface area (Å²) in [7, 11) is 0. The van der Waals surface area contributed by atoms with Crippen LogP contribution in [0.25, 0.3) is 0 Å². The van der Waals surface area contributed by atoms with Gasteiger partial charge >= 0.3 is 0 Å². The highest BCUT2D eigenvalue weighted by atomic mass is 16.5. The molecule has 1 aromatic rings. The second kappa shape index (κ2) is 5.28. The van der Waals surface area contributed by atoms with Gasteiger partial charge in [-0.25, -0.2) is 0 Å². The fourth-order valence-corrected chi connectivity index (χ4v) is 2.05. The highest BCUT2D eigenvalue weighted by Crippen LogP contribution is 2.30. The fourth-order valence-electron chi connectivity index (χ4n) is 2.05. The minimum atomic E-state index is -0.762. The second-order valence-corrected chi connectivity index (χ2v) is 4.94. The van der Waals surface area contributed by atoms with Crippen LogP contribution in [0.5, 0.6) is 5.75 Å². The summed E-state index contributed by atoms with van der Waals surface area (Å²) in [5.74, 6) is 0.922. The molecule has 1 atom stereocenters. The first-order valence-corrected chi connectivity index (χ1v) is 6.29. The van der Waals surface area contributed by atoms with Crippen LogP contribution in [0.4, 0.5) is 5.69 Å². The highest BCUT2D eigenvalue weighted by Gasteiger charge is 2.21. The summed E-state index contributed by atoms with van der Waals surface area (Å²) in [6.45, 7) is 4.23. The molecule has 0 radical (unpaired) electrons. The first-order chi connectivity index (χ1) is 8.62. The molecular formula is C14H19N3O. The summed E-state index contributed by atoms with van der Waals surface area (Å²) >= 11 is 0. The van der Waals surface area contributed by atoms with E-state index in [1.54, 1.807) is 6.92 Å². The Morgan fingerprint density at radius 3 is 3.06 bits per heavy atom. The van der Waals surface area contributed by atoms with Crippen molar-refractivity contribution in [3.05, 3.63) is 24.3 Å². The molecule has 0 aliphatic carbocycles. The molecule has 96 valence electrons. The topological polar surface area (TPSA) is 62.3 Å². The maximum atomic E-state index is 8.96.